The van der Waals surface area contributed by atoms with Crippen LogP contribution in [0.25, 0.3) is 0 Å². The van der Waals surface area contributed by atoms with E-state index in [2.05, 4.69) is 16.0 Å². The maximum absolute atomic E-state index is 12.2. The summed E-state index contributed by atoms with van der Waals surface area (Å²) < 4.78 is 11.5. The molecule has 0 aliphatic carbocycles. The van der Waals surface area contributed by atoms with Crippen molar-refractivity contribution in [2.45, 2.75) is 45.0 Å². The molecule has 9 nitrogen and oxygen atoms in total. The minimum atomic E-state index is -0.691. The van der Waals surface area contributed by atoms with Gasteiger partial charge in [0.05, 0.1) is 19.3 Å². The number of carbonyl (C=O) groups excluding carboxylic acids is 1. The van der Waals surface area contributed by atoms with Crippen molar-refractivity contribution < 1.29 is 29.6 Å². The number of amides is 2. The fourth-order valence-corrected chi connectivity index (χ4v) is 4.04. The molecule has 3 rings (SSSR count). The van der Waals surface area contributed by atoms with E-state index in [9.17, 15) is 20.1 Å². The van der Waals surface area contributed by atoms with Gasteiger partial charge >= 0.3 is 6.03 Å². The van der Waals surface area contributed by atoms with Gasteiger partial charge in [0.1, 0.15) is 5.75 Å². The van der Waals surface area contributed by atoms with Gasteiger partial charge < -0.3 is 40.7 Å². The van der Waals surface area contributed by atoms with E-state index in [0.29, 0.717) is 49.8 Å². The van der Waals surface area contributed by atoms with E-state index >= 15 is 0 Å². The van der Waals surface area contributed by atoms with Crippen molar-refractivity contribution in [3.63, 3.8) is 0 Å². The molecule has 0 fully saturated rings. The van der Waals surface area contributed by atoms with E-state index in [4.69, 9.17) is 9.47 Å². The monoisotopic (exact) mass is 551 g/mol. The van der Waals surface area contributed by atoms with Crippen molar-refractivity contribution in [3.05, 3.63) is 89.5 Å². The van der Waals surface area contributed by atoms with Gasteiger partial charge in [0.2, 0.25) is 0 Å². The predicted octanol–water partition coefficient (Wildman–Crippen LogP) is 4.95. The highest BCUT2D eigenvalue weighted by atomic mass is 16.5. The zero-order valence-corrected chi connectivity index (χ0v) is 22.9. The minimum Gasteiger partial charge on any atom is -0.508 e. The van der Waals surface area contributed by atoms with E-state index in [1.807, 2.05) is 54.6 Å². The van der Waals surface area contributed by atoms with Crippen LogP contribution in [0.5, 0.6) is 5.75 Å². The third-order valence-corrected chi connectivity index (χ3v) is 6.20. The molecule has 0 saturated carbocycles. The quantitative estimate of drug-likeness (QED) is 0.123. The Morgan fingerprint density at radius 3 is 2.38 bits per heavy atom. The predicted molar refractivity (Wildman–Crippen MR) is 156 cm³/mol. The van der Waals surface area contributed by atoms with Crippen LogP contribution in [0.1, 0.15) is 48.5 Å². The largest absolute Gasteiger partial charge is 0.508 e. The molecule has 0 saturated heterocycles. The van der Waals surface area contributed by atoms with Gasteiger partial charge in [-0.25, -0.2) is 4.79 Å². The van der Waals surface area contributed by atoms with Gasteiger partial charge in [-0.1, -0.05) is 36.4 Å². The van der Waals surface area contributed by atoms with Crippen LogP contribution in [0.15, 0.2) is 72.8 Å². The molecule has 2 amide bonds. The van der Waals surface area contributed by atoms with E-state index < -0.39 is 6.10 Å². The van der Waals surface area contributed by atoms with Crippen LogP contribution in [-0.4, -0.2) is 54.3 Å². The first-order chi connectivity index (χ1) is 19.5. The molecule has 0 aliphatic rings. The molecule has 6 N–H and O–H groups in total. The molecule has 3 aromatic carbocycles. The van der Waals surface area contributed by atoms with Gasteiger partial charge in [0, 0.05) is 43.3 Å². The zero-order valence-electron chi connectivity index (χ0n) is 22.9. The van der Waals surface area contributed by atoms with Crippen LogP contribution in [0.4, 0.5) is 16.2 Å². The number of para-hydroxylation sites is 1. The molecule has 1 atom stereocenters. The lowest BCUT2D eigenvalue weighted by Crippen LogP contribution is -2.22. The summed E-state index contributed by atoms with van der Waals surface area (Å²) in [6.45, 7) is 3.36. The minimum absolute atomic E-state index is 0.0308. The van der Waals surface area contributed by atoms with Crippen LogP contribution in [-0.2, 0) is 22.7 Å². The van der Waals surface area contributed by atoms with Crippen LogP contribution in [0.3, 0.4) is 0 Å². The first-order valence-electron chi connectivity index (χ1n) is 13.7. The molecule has 0 spiro atoms. The normalized spacial score (nSPS) is 11.8. The Bertz CT molecular complexity index is 1140. The summed E-state index contributed by atoms with van der Waals surface area (Å²) in [6, 6.07) is 21.4. The second kappa shape index (κ2) is 18.0. The molecule has 0 unspecified atom stereocenters. The number of aliphatic hydroxyl groups excluding tert-OH is 2. The number of hydrogen-bond donors (Lipinski definition) is 6. The van der Waals surface area contributed by atoms with Crippen molar-refractivity contribution in [1.82, 2.24) is 5.32 Å². The van der Waals surface area contributed by atoms with Gasteiger partial charge in [-0.05, 0) is 79.8 Å². The number of aromatic hydroxyl groups is 1. The maximum Gasteiger partial charge on any atom is 0.323 e. The van der Waals surface area contributed by atoms with E-state index in [0.717, 1.165) is 43.5 Å². The fraction of sp³-hybridized carbons (Fsp3) is 0.387. The van der Waals surface area contributed by atoms with Crippen LogP contribution in [0.2, 0.25) is 0 Å². The first kappa shape index (κ1) is 31.1. The molecular weight excluding hydrogens is 510 g/mol. The zero-order chi connectivity index (χ0) is 28.4. The highest BCUT2D eigenvalue weighted by Crippen LogP contribution is 2.22. The van der Waals surface area contributed by atoms with E-state index in [1.54, 1.807) is 12.1 Å². The number of benzene rings is 3. The second-order valence-electron chi connectivity index (χ2n) is 9.49. The molecule has 40 heavy (non-hydrogen) atoms. The van der Waals surface area contributed by atoms with Crippen molar-refractivity contribution in [2.24, 2.45) is 0 Å². The molecule has 0 aromatic heterocycles. The van der Waals surface area contributed by atoms with Crippen molar-refractivity contribution in [1.29, 1.82) is 0 Å². The number of phenols is 1. The summed E-state index contributed by atoms with van der Waals surface area (Å²) in [5, 5.41) is 38.0. The molecule has 216 valence electrons. The number of urea groups is 1. The molecule has 9 heteroatoms. The number of carbonyl (C=O) groups is 1. The molecule has 0 bridgehead atoms. The van der Waals surface area contributed by atoms with Crippen molar-refractivity contribution >= 4 is 17.4 Å². The van der Waals surface area contributed by atoms with Gasteiger partial charge in [-0.2, -0.15) is 0 Å². The summed E-state index contributed by atoms with van der Waals surface area (Å²) >= 11 is 0. The smallest absolute Gasteiger partial charge is 0.323 e. The van der Waals surface area contributed by atoms with Gasteiger partial charge in [-0.15, -0.1) is 0 Å². The second-order valence-corrected chi connectivity index (χ2v) is 9.49. The van der Waals surface area contributed by atoms with Crippen LogP contribution in [0, 0.1) is 0 Å². The Morgan fingerprint density at radius 2 is 1.55 bits per heavy atom. The Balaban J connectivity index is 1.15. The average molecular weight is 552 g/mol. The van der Waals surface area contributed by atoms with E-state index in [1.165, 1.54) is 6.07 Å². The highest BCUT2D eigenvalue weighted by molar-refractivity contribution is 5.99. The average Bonchev–Trinajstić information content (AvgIpc) is 2.96. The highest BCUT2D eigenvalue weighted by Gasteiger charge is 2.10. The Morgan fingerprint density at radius 1 is 0.800 bits per heavy atom. The lowest BCUT2D eigenvalue weighted by Gasteiger charge is -2.14. The SMILES string of the molecule is O=C(Nc1ccccc1)Nc1cccc(COCCCOCCCCCNC[C@H](O)c2ccc(O)c(CO)c2)c1. The molecule has 0 aliphatic heterocycles. The van der Waals surface area contributed by atoms with Crippen molar-refractivity contribution in [2.75, 3.05) is 43.5 Å². The fourth-order valence-electron chi connectivity index (χ4n) is 4.04. The van der Waals surface area contributed by atoms with Crippen molar-refractivity contribution in [3.8, 4) is 5.75 Å². The number of anilines is 2. The molecular formula is C31H41N3O6. The Kier molecular flexibility index (Phi) is 14.0. The standard InChI is InChI=1S/C31H41N3O6/c35-22-26-20-25(13-14-29(26)36)30(37)21-32-15-5-2-6-16-39-17-8-18-40-23-24-9-7-12-28(19-24)34-31(38)33-27-10-3-1-4-11-27/h1,3-4,7,9-14,19-20,30,32,35-37H,2,5-6,8,15-18,21-23H2,(H2,33,34,38)/t30-/m0/s1. The van der Waals surface area contributed by atoms with Gasteiger partial charge in [0.15, 0.2) is 0 Å². The lowest BCUT2D eigenvalue weighted by molar-refractivity contribution is 0.0743. The summed E-state index contributed by atoms with van der Waals surface area (Å²) in [5.74, 6) is 0.0308. The Hall–Kier alpha value is -3.47. The third-order valence-electron chi connectivity index (χ3n) is 6.20. The third kappa shape index (κ3) is 11.7. The molecule has 0 radical (unpaired) electrons. The lowest BCUT2D eigenvalue weighted by atomic mass is 10.1. The molecule has 0 heterocycles. The Labute approximate surface area is 236 Å². The number of aliphatic hydroxyl groups is 2. The van der Waals surface area contributed by atoms with E-state index in [-0.39, 0.29) is 18.4 Å². The summed E-state index contributed by atoms with van der Waals surface area (Å²) in [5.41, 5.74) is 3.50. The number of rotatable bonds is 18. The molecule has 3 aromatic rings. The summed E-state index contributed by atoms with van der Waals surface area (Å²) in [4.78, 5) is 12.2. The summed E-state index contributed by atoms with van der Waals surface area (Å²) in [7, 11) is 0. The number of nitrogens with one attached hydrogen (secondary N) is 3. The van der Waals surface area contributed by atoms with Crippen LogP contribution < -0.4 is 16.0 Å². The number of hydrogen-bond acceptors (Lipinski definition) is 7. The maximum atomic E-state index is 12.2. The summed E-state index contributed by atoms with van der Waals surface area (Å²) in [6.07, 6.45) is 3.11. The number of ether oxygens (including phenoxy) is 2. The topological polar surface area (TPSA) is 132 Å². The van der Waals surface area contributed by atoms with Crippen LogP contribution >= 0.6 is 0 Å². The van der Waals surface area contributed by atoms with Gasteiger partial charge in [-0.3, -0.25) is 0 Å². The first-order valence-corrected chi connectivity index (χ1v) is 13.7. The van der Waals surface area contributed by atoms with Gasteiger partial charge in [0.25, 0.3) is 0 Å². The number of unbranched alkanes of at least 4 members (excludes halogenated alkanes) is 2.